The Hall–Kier alpha value is -3.70. The molecule has 0 amide bonds. The zero-order chi connectivity index (χ0) is 21.1. The fourth-order valence-corrected chi connectivity index (χ4v) is 2.93. The van der Waals surface area contributed by atoms with Crippen LogP contribution in [0.5, 0.6) is 0 Å². The Labute approximate surface area is 174 Å². The van der Waals surface area contributed by atoms with Crippen molar-refractivity contribution in [2.24, 2.45) is 0 Å². The van der Waals surface area contributed by atoms with E-state index in [0.717, 1.165) is 33.4 Å². The molecule has 2 nitrogen and oxygen atoms in total. The molecule has 0 aliphatic heterocycles. The Balaban J connectivity index is 0.00000145. The van der Waals surface area contributed by atoms with Gasteiger partial charge in [0.1, 0.15) is 0 Å². The van der Waals surface area contributed by atoms with E-state index in [4.69, 9.17) is 6.42 Å². The maximum Gasteiger partial charge on any atom is 0.0613 e. The second-order valence-corrected chi connectivity index (χ2v) is 5.99. The van der Waals surface area contributed by atoms with Gasteiger partial charge in [-0.3, -0.25) is 0 Å². The van der Waals surface area contributed by atoms with E-state index in [2.05, 4.69) is 47.1 Å². The number of H-pyrrole nitrogens is 1. The van der Waals surface area contributed by atoms with Crippen LogP contribution in [0.1, 0.15) is 26.3 Å². The SMILES string of the molecule is C#C/C(C=C)=C(Nc1cccc2[nH]ccc12)/C(/C=C/c1ccccc1)=C/C.CC. The molecule has 0 aliphatic rings. The fourth-order valence-electron chi connectivity index (χ4n) is 2.93. The molecule has 2 N–H and O–H groups in total. The van der Waals surface area contributed by atoms with Crippen LogP contribution >= 0.6 is 0 Å². The Morgan fingerprint density at radius 3 is 2.48 bits per heavy atom. The number of benzene rings is 2. The van der Waals surface area contributed by atoms with Crippen LogP contribution in [-0.4, -0.2) is 4.98 Å². The average molecular weight is 381 g/mol. The van der Waals surface area contributed by atoms with Crippen molar-refractivity contribution in [1.82, 2.24) is 4.98 Å². The highest BCUT2D eigenvalue weighted by Crippen LogP contribution is 2.27. The fraction of sp³-hybridized carbons (Fsp3) is 0.111. The zero-order valence-corrected chi connectivity index (χ0v) is 17.4. The van der Waals surface area contributed by atoms with Crippen molar-refractivity contribution in [3.63, 3.8) is 0 Å². The van der Waals surface area contributed by atoms with Crippen LogP contribution in [0.2, 0.25) is 0 Å². The van der Waals surface area contributed by atoms with Crippen LogP contribution in [0.25, 0.3) is 17.0 Å². The van der Waals surface area contributed by atoms with Gasteiger partial charge in [-0.25, -0.2) is 0 Å². The van der Waals surface area contributed by atoms with E-state index in [0.29, 0.717) is 5.57 Å². The summed E-state index contributed by atoms with van der Waals surface area (Å²) in [6.07, 6.45) is 15.6. The average Bonchev–Trinajstić information content (AvgIpc) is 3.27. The molecular weight excluding hydrogens is 352 g/mol. The summed E-state index contributed by atoms with van der Waals surface area (Å²) < 4.78 is 0. The van der Waals surface area contributed by atoms with E-state index in [1.165, 1.54) is 0 Å². The summed E-state index contributed by atoms with van der Waals surface area (Å²) >= 11 is 0. The highest BCUT2D eigenvalue weighted by Gasteiger charge is 2.10. The van der Waals surface area contributed by atoms with Crippen molar-refractivity contribution in [3.8, 4) is 12.3 Å². The summed E-state index contributed by atoms with van der Waals surface area (Å²) in [4.78, 5) is 3.24. The quantitative estimate of drug-likeness (QED) is 0.340. The predicted molar refractivity (Wildman–Crippen MR) is 129 cm³/mol. The Kier molecular flexibility index (Phi) is 8.35. The van der Waals surface area contributed by atoms with Crippen molar-refractivity contribution < 1.29 is 0 Å². The van der Waals surface area contributed by atoms with Gasteiger partial charge < -0.3 is 10.3 Å². The van der Waals surface area contributed by atoms with Gasteiger partial charge in [-0.1, -0.05) is 87.0 Å². The van der Waals surface area contributed by atoms with E-state index in [9.17, 15) is 0 Å². The monoisotopic (exact) mass is 380 g/mol. The molecule has 0 saturated carbocycles. The molecule has 2 heteroatoms. The summed E-state index contributed by atoms with van der Waals surface area (Å²) in [5, 5.41) is 4.63. The molecule has 1 heterocycles. The lowest BCUT2D eigenvalue weighted by Gasteiger charge is -2.15. The Bertz CT molecular complexity index is 1070. The third-order valence-electron chi connectivity index (χ3n) is 4.34. The molecule has 0 spiro atoms. The standard InChI is InChI=1S/C25H22N2.C2H6/c1-4-20(5-2)25(21(6-3)16-15-19-11-8-7-9-12-19)27-24-14-10-13-23-22(24)17-18-26-23;1-2/h1,5-18,26-27H,2H2,3H3;1-2H3/b16-15+,21-6+,25-20+;. The number of allylic oxidation sites excluding steroid dienone is 4. The van der Waals surface area contributed by atoms with Gasteiger partial charge in [-0.15, -0.1) is 6.42 Å². The topological polar surface area (TPSA) is 27.8 Å². The number of rotatable bonds is 6. The highest BCUT2D eigenvalue weighted by molar-refractivity contribution is 5.93. The molecule has 29 heavy (non-hydrogen) atoms. The minimum atomic E-state index is 0.716. The van der Waals surface area contributed by atoms with Gasteiger partial charge >= 0.3 is 0 Å². The molecule has 0 radical (unpaired) electrons. The molecule has 3 rings (SSSR count). The maximum atomic E-state index is 5.75. The summed E-state index contributed by atoms with van der Waals surface area (Å²) in [6, 6.07) is 18.3. The molecule has 2 aromatic carbocycles. The molecule has 0 unspecified atom stereocenters. The lowest BCUT2D eigenvalue weighted by Crippen LogP contribution is -2.05. The van der Waals surface area contributed by atoms with Gasteiger partial charge in [-0.2, -0.15) is 0 Å². The number of nitrogens with one attached hydrogen (secondary N) is 2. The lowest BCUT2D eigenvalue weighted by atomic mass is 10.0. The van der Waals surface area contributed by atoms with Gasteiger partial charge in [-0.05, 0) is 36.3 Å². The molecule has 3 aromatic rings. The first kappa shape index (κ1) is 21.6. The van der Waals surface area contributed by atoms with Gasteiger partial charge in [0.2, 0.25) is 0 Å². The van der Waals surface area contributed by atoms with Crippen LogP contribution in [0.15, 0.2) is 102 Å². The van der Waals surface area contributed by atoms with Crippen LogP contribution in [0.3, 0.4) is 0 Å². The maximum absolute atomic E-state index is 5.75. The smallest absolute Gasteiger partial charge is 0.0613 e. The van der Waals surface area contributed by atoms with E-state index < -0.39 is 0 Å². The molecule has 0 saturated heterocycles. The number of fused-ring (bicyclic) bond motifs is 1. The van der Waals surface area contributed by atoms with Gasteiger partial charge in [0.05, 0.1) is 5.70 Å². The van der Waals surface area contributed by atoms with E-state index in [-0.39, 0.29) is 0 Å². The van der Waals surface area contributed by atoms with Crippen LogP contribution in [-0.2, 0) is 0 Å². The third kappa shape index (κ3) is 5.40. The summed E-state index contributed by atoms with van der Waals surface area (Å²) in [5.41, 5.74) is 5.76. The van der Waals surface area contributed by atoms with Gasteiger partial charge in [0, 0.05) is 28.4 Å². The van der Waals surface area contributed by atoms with Crippen molar-refractivity contribution in [1.29, 1.82) is 0 Å². The summed E-state index contributed by atoms with van der Waals surface area (Å²) in [6.45, 7) is 9.88. The second kappa shape index (κ2) is 11.2. The van der Waals surface area contributed by atoms with Crippen molar-refractivity contribution in [2.45, 2.75) is 20.8 Å². The normalized spacial score (nSPS) is 12.0. The van der Waals surface area contributed by atoms with E-state index in [1.807, 2.05) is 75.5 Å². The molecule has 0 atom stereocenters. The predicted octanol–water partition coefficient (Wildman–Crippen LogP) is 7.34. The molecule has 0 fully saturated rings. The van der Waals surface area contributed by atoms with Gasteiger partial charge in [0.15, 0.2) is 0 Å². The second-order valence-electron chi connectivity index (χ2n) is 5.99. The van der Waals surface area contributed by atoms with Crippen LogP contribution in [0, 0.1) is 12.3 Å². The molecule has 0 bridgehead atoms. The summed E-state index contributed by atoms with van der Waals surface area (Å²) in [5.74, 6) is 2.74. The van der Waals surface area contributed by atoms with Crippen LogP contribution in [0.4, 0.5) is 5.69 Å². The van der Waals surface area contributed by atoms with E-state index >= 15 is 0 Å². The molecular formula is C27H28N2. The Morgan fingerprint density at radius 2 is 1.83 bits per heavy atom. The van der Waals surface area contributed by atoms with Crippen molar-refractivity contribution in [3.05, 3.63) is 108 Å². The van der Waals surface area contributed by atoms with Crippen molar-refractivity contribution >= 4 is 22.7 Å². The lowest BCUT2D eigenvalue weighted by molar-refractivity contribution is 1.37. The Morgan fingerprint density at radius 1 is 1.07 bits per heavy atom. The minimum Gasteiger partial charge on any atom is -0.361 e. The number of hydrogen-bond donors (Lipinski definition) is 2. The molecule has 0 aliphatic carbocycles. The number of aromatic amines is 1. The van der Waals surface area contributed by atoms with Crippen molar-refractivity contribution in [2.75, 3.05) is 5.32 Å². The number of terminal acetylenes is 1. The first-order valence-corrected chi connectivity index (χ1v) is 9.83. The summed E-state index contributed by atoms with van der Waals surface area (Å²) in [7, 11) is 0. The minimum absolute atomic E-state index is 0.716. The van der Waals surface area contributed by atoms with Gasteiger partial charge in [0.25, 0.3) is 0 Å². The van der Waals surface area contributed by atoms with Crippen LogP contribution < -0.4 is 5.32 Å². The largest absolute Gasteiger partial charge is 0.361 e. The highest BCUT2D eigenvalue weighted by atomic mass is 14.9. The first-order chi connectivity index (χ1) is 14.3. The number of hydrogen-bond acceptors (Lipinski definition) is 1. The zero-order valence-electron chi connectivity index (χ0n) is 17.4. The molecule has 1 aromatic heterocycles. The van der Waals surface area contributed by atoms with E-state index in [1.54, 1.807) is 6.08 Å². The third-order valence-corrected chi connectivity index (χ3v) is 4.34. The number of aromatic nitrogens is 1. The number of anilines is 1. The molecule has 146 valence electrons. The first-order valence-electron chi connectivity index (χ1n) is 9.83.